The number of aliphatic hydroxyl groups excluding tert-OH is 1. The predicted molar refractivity (Wildman–Crippen MR) is 143 cm³/mol. The molecule has 0 aliphatic carbocycles. The van der Waals surface area contributed by atoms with Gasteiger partial charge in [0.1, 0.15) is 12.4 Å². The highest BCUT2D eigenvalue weighted by Crippen LogP contribution is 2.34. The van der Waals surface area contributed by atoms with Crippen molar-refractivity contribution in [2.24, 2.45) is 0 Å². The van der Waals surface area contributed by atoms with Crippen molar-refractivity contribution < 1.29 is 17.9 Å². The van der Waals surface area contributed by atoms with E-state index in [9.17, 15) is 13.5 Å². The average molecular weight is 532 g/mol. The molecule has 1 atom stereocenters. The first-order valence-electron chi connectivity index (χ1n) is 12.6. The third-order valence-electron chi connectivity index (χ3n) is 7.32. The van der Waals surface area contributed by atoms with Gasteiger partial charge >= 0.3 is 0 Å². The van der Waals surface area contributed by atoms with E-state index in [-0.39, 0.29) is 18.0 Å². The summed E-state index contributed by atoms with van der Waals surface area (Å²) >= 11 is 0. The van der Waals surface area contributed by atoms with Crippen LogP contribution in [-0.2, 0) is 23.1 Å². The number of oxazole rings is 1. The number of hydrogen-bond acceptors (Lipinski definition) is 8. The number of fused-ring (bicyclic) bond motifs is 1. The molecule has 9 nitrogen and oxygen atoms in total. The normalized spacial score (nSPS) is 17.5. The Kier molecular flexibility index (Phi) is 6.48. The summed E-state index contributed by atoms with van der Waals surface area (Å²) in [5.74, 6) is 0.439. The average Bonchev–Trinajstić information content (AvgIpc) is 3.64. The van der Waals surface area contributed by atoms with E-state index < -0.39 is 16.1 Å². The predicted octanol–water partition coefficient (Wildman–Crippen LogP) is 3.27. The Labute approximate surface area is 222 Å². The zero-order valence-electron chi connectivity index (χ0n) is 21.1. The van der Waals surface area contributed by atoms with Crippen LogP contribution in [0.4, 0.5) is 5.69 Å². The molecule has 0 radical (unpaired) electrons. The molecule has 0 amide bonds. The first-order valence-corrected chi connectivity index (χ1v) is 14.0. The Morgan fingerprint density at radius 2 is 1.68 bits per heavy atom. The summed E-state index contributed by atoms with van der Waals surface area (Å²) < 4.78 is 33.5. The van der Waals surface area contributed by atoms with Gasteiger partial charge in [0.15, 0.2) is 0 Å². The smallest absolute Gasteiger partial charge is 0.243 e. The summed E-state index contributed by atoms with van der Waals surface area (Å²) in [4.78, 5) is 13.4. The minimum Gasteiger partial charge on any atom is -0.445 e. The first kappa shape index (κ1) is 24.7. The maximum absolute atomic E-state index is 13.4. The number of hydrogen-bond donors (Lipinski definition) is 1. The lowest BCUT2D eigenvalue weighted by Gasteiger charge is -2.35. The number of benzene rings is 2. The van der Waals surface area contributed by atoms with Crippen LogP contribution in [-0.4, -0.2) is 65.9 Å². The van der Waals surface area contributed by atoms with Crippen molar-refractivity contribution >= 4 is 15.7 Å². The van der Waals surface area contributed by atoms with Gasteiger partial charge < -0.3 is 19.3 Å². The summed E-state index contributed by atoms with van der Waals surface area (Å²) in [5.41, 5.74) is 4.73. The van der Waals surface area contributed by atoms with Crippen LogP contribution >= 0.6 is 0 Å². The summed E-state index contributed by atoms with van der Waals surface area (Å²) in [7, 11) is -1.61. The number of pyridine rings is 1. The first-order chi connectivity index (χ1) is 18.4. The fraction of sp³-hybridized carbons (Fsp3) is 0.286. The third-order valence-corrected chi connectivity index (χ3v) is 9.13. The number of aliphatic hydroxyl groups is 1. The van der Waals surface area contributed by atoms with E-state index in [0.717, 1.165) is 48.6 Å². The largest absolute Gasteiger partial charge is 0.445 e. The summed E-state index contributed by atoms with van der Waals surface area (Å²) in [5, 5.41) is 11.4. The molecule has 2 aromatic heterocycles. The molecule has 2 aromatic carbocycles. The highest BCUT2D eigenvalue weighted by Gasteiger charge is 2.32. The van der Waals surface area contributed by atoms with E-state index in [1.165, 1.54) is 10.6 Å². The number of nitrogens with zero attached hydrogens (tertiary/aromatic N) is 5. The highest BCUT2D eigenvalue weighted by molar-refractivity contribution is 7.89. The number of likely N-dealkylation sites (N-methyl/N-ethyl adjacent to an activating group) is 1. The Morgan fingerprint density at radius 1 is 0.947 bits per heavy atom. The lowest BCUT2D eigenvalue weighted by atomic mass is 10.0. The van der Waals surface area contributed by atoms with Gasteiger partial charge in [-0.2, -0.15) is 4.31 Å². The molecule has 0 spiro atoms. The van der Waals surface area contributed by atoms with Crippen molar-refractivity contribution in [1.29, 1.82) is 0 Å². The molecule has 6 rings (SSSR count). The molecular formula is C28H29N5O4S. The fourth-order valence-corrected chi connectivity index (χ4v) is 6.48. The summed E-state index contributed by atoms with van der Waals surface area (Å²) in [6.45, 7) is 4.18. The molecule has 2 aliphatic heterocycles. The topological polar surface area (TPSA) is 103 Å². The van der Waals surface area contributed by atoms with Crippen LogP contribution in [0.25, 0.3) is 11.5 Å². The van der Waals surface area contributed by atoms with Gasteiger partial charge in [-0.05, 0) is 54.6 Å². The molecule has 4 aromatic rings. The number of rotatable bonds is 6. The maximum atomic E-state index is 13.4. The van der Waals surface area contributed by atoms with Crippen LogP contribution in [0.15, 0.2) is 82.6 Å². The lowest BCUT2D eigenvalue weighted by Crippen LogP contribution is -2.44. The number of para-hydroxylation sites is 1. The molecule has 38 heavy (non-hydrogen) atoms. The quantitative estimate of drug-likeness (QED) is 0.405. The van der Waals surface area contributed by atoms with Gasteiger partial charge in [-0.3, -0.25) is 4.98 Å². The van der Waals surface area contributed by atoms with Gasteiger partial charge in [0.25, 0.3) is 0 Å². The molecule has 1 N–H and O–H groups in total. The van der Waals surface area contributed by atoms with Crippen molar-refractivity contribution in [3.8, 4) is 11.5 Å². The van der Waals surface area contributed by atoms with Crippen LogP contribution in [0.3, 0.4) is 0 Å². The van der Waals surface area contributed by atoms with Gasteiger partial charge in [0.2, 0.25) is 15.9 Å². The molecule has 0 saturated carbocycles. The van der Waals surface area contributed by atoms with Crippen molar-refractivity contribution in [3.63, 3.8) is 0 Å². The number of sulfonamides is 1. The minimum atomic E-state index is -3.72. The van der Waals surface area contributed by atoms with Crippen molar-refractivity contribution in [2.45, 2.75) is 24.1 Å². The monoisotopic (exact) mass is 531 g/mol. The molecule has 1 fully saturated rings. The molecule has 10 heteroatoms. The molecule has 0 bridgehead atoms. The van der Waals surface area contributed by atoms with E-state index in [1.54, 1.807) is 36.7 Å². The van der Waals surface area contributed by atoms with E-state index in [2.05, 4.69) is 26.8 Å². The van der Waals surface area contributed by atoms with Crippen LogP contribution < -0.4 is 4.90 Å². The molecule has 2 aliphatic rings. The van der Waals surface area contributed by atoms with Crippen molar-refractivity contribution in [2.75, 3.05) is 38.1 Å². The SMILES string of the molecule is CN1CCN(c2ccccc2C(O)c2cc3c(cn2)CN(S(=O)(=O)c2ccc(-c4ncco4)cc2)C3)CC1. The van der Waals surface area contributed by atoms with Crippen LogP contribution in [0.1, 0.15) is 28.5 Å². The fourth-order valence-electron chi connectivity index (χ4n) is 5.09. The summed E-state index contributed by atoms with van der Waals surface area (Å²) in [6, 6.07) is 16.2. The van der Waals surface area contributed by atoms with Crippen molar-refractivity contribution in [1.82, 2.24) is 19.2 Å². The molecule has 1 unspecified atom stereocenters. The highest BCUT2D eigenvalue weighted by atomic mass is 32.2. The zero-order chi connectivity index (χ0) is 26.3. The molecule has 1 saturated heterocycles. The van der Waals surface area contributed by atoms with Crippen molar-refractivity contribution in [3.05, 3.63) is 95.6 Å². The number of anilines is 1. The van der Waals surface area contributed by atoms with Gasteiger partial charge in [-0.1, -0.05) is 18.2 Å². The Morgan fingerprint density at radius 3 is 2.42 bits per heavy atom. The number of aromatic nitrogens is 2. The molecule has 196 valence electrons. The van der Waals surface area contributed by atoms with E-state index in [1.807, 2.05) is 30.3 Å². The Balaban J connectivity index is 1.21. The van der Waals surface area contributed by atoms with Gasteiger partial charge in [0, 0.05) is 62.3 Å². The standard InChI is InChI=1S/C28H29N5O4S/c1-31-11-13-32(14-12-31)26-5-3-2-4-24(26)27(34)25-16-21-18-33(19-22(21)17-30-25)38(35,36)23-8-6-20(7-9-23)28-29-10-15-37-28/h2-10,15-17,27,34H,11-14,18-19H2,1H3. The molecular weight excluding hydrogens is 502 g/mol. The summed E-state index contributed by atoms with van der Waals surface area (Å²) in [6.07, 6.45) is 3.80. The van der Waals surface area contributed by atoms with E-state index in [4.69, 9.17) is 4.42 Å². The Hall–Kier alpha value is -3.57. The molecule has 4 heterocycles. The minimum absolute atomic E-state index is 0.204. The second kappa shape index (κ2) is 9.95. The number of piperazine rings is 1. The van der Waals surface area contributed by atoms with Crippen LogP contribution in [0.5, 0.6) is 0 Å². The second-order valence-electron chi connectivity index (χ2n) is 9.76. The van der Waals surface area contributed by atoms with E-state index >= 15 is 0 Å². The maximum Gasteiger partial charge on any atom is 0.243 e. The van der Waals surface area contributed by atoms with E-state index in [0.29, 0.717) is 17.1 Å². The van der Waals surface area contributed by atoms with Gasteiger partial charge in [0.05, 0.1) is 16.8 Å². The van der Waals surface area contributed by atoms with Crippen LogP contribution in [0, 0.1) is 0 Å². The lowest BCUT2D eigenvalue weighted by molar-refractivity contribution is 0.215. The zero-order valence-corrected chi connectivity index (χ0v) is 21.9. The van der Waals surface area contributed by atoms with Gasteiger partial charge in [-0.15, -0.1) is 0 Å². The third kappa shape index (κ3) is 4.60. The van der Waals surface area contributed by atoms with Gasteiger partial charge in [-0.25, -0.2) is 13.4 Å². The van der Waals surface area contributed by atoms with Crippen LogP contribution in [0.2, 0.25) is 0 Å². The second-order valence-corrected chi connectivity index (χ2v) is 11.7. The Bertz CT molecular complexity index is 1530.